The zero-order valence-corrected chi connectivity index (χ0v) is 11.2. The van der Waals surface area contributed by atoms with Crippen LogP contribution in [0.4, 0.5) is 0 Å². The largest absolute Gasteiger partial charge is 0.317 e. The standard InChI is InChI=1S/C11H11BrClN3/c1-16-10(14-15-11(16)7-12)6-8-2-4-9(13)5-3-8/h2-5H,6-7H2,1H3. The number of hydrogen-bond donors (Lipinski definition) is 0. The highest BCUT2D eigenvalue weighted by Gasteiger charge is 2.07. The second kappa shape index (κ2) is 4.97. The van der Waals surface area contributed by atoms with Gasteiger partial charge in [-0.05, 0) is 17.7 Å². The van der Waals surface area contributed by atoms with Crippen molar-refractivity contribution < 1.29 is 0 Å². The van der Waals surface area contributed by atoms with E-state index in [-0.39, 0.29) is 0 Å². The summed E-state index contributed by atoms with van der Waals surface area (Å²) in [5.41, 5.74) is 1.18. The van der Waals surface area contributed by atoms with E-state index in [1.165, 1.54) is 5.56 Å². The third-order valence-electron chi connectivity index (χ3n) is 2.45. The molecular weight excluding hydrogens is 289 g/mol. The van der Waals surface area contributed by atoms with Gasteiger partial charge in [-0.25, -0.2) is 0 Å². The van der Waals surface area contributed by atoms with Crippen molar-refractivity contribution in [2.75, 3.05) is 0 Å². The highest BCUT2D eigenvalue weighted by atomic mass is 79.9. The molecule has 0 radical (unpaired) electrons. The van der Waals surface area contributed by atoms with Crippen LogP contribution in [0.2, 0.25) is 5.02 Å². The van der Waals surface area contributed by atoms with E-state index in [9.17, 15) is 0 Å². The fraction of sp³-hybridized carbons (Fsp3) is 0.273. The van der Waals surface area contributed by atoms with Crippen molar-refractivity contribution in [3.8, 4) is 0 Å². The molecule has 3 nitrogen and oxygen atoms in total. The average molecular weight is 301 g/mol. The van der Waals surface area contributed by atoms with Crippen LogP contribution >= 0.6 is 27.5 Å². The van der Waals surface area contributed by atoms with Gasteiger partial charge < -0.3 is 4.57 Å². The Balaban J connectivity index is 2.20. The summed E-state index contributed by atoms with van der Waals surface area (Å²) in [6, 6.07) is 7.78. The lowest BCUT2D eigenvalue weighted by molar-refractivity contribution is 0.793. The van der Waals surface area contributed by atoms with E-state index in [4.69, 9.17) is 11.6 Å². The summed E-state index contributed by atoms with van der Waals surface area (Å²) in [5, 5.41) is 9.71. The van der Waals surface area contributed by atoms with Crippen LogP contribution < -0.4 is 0 Å². The lowest BCUT2D eigenvalue weighted by Crippen LogP contribution is -2.01. The second-order valence-corrected chi connectivity index (χ2v) is 4.53. The third-order valence-corrected chi connectivity index (χ3v) is 3.20. The summed E-state index contributed by atoms with van der Waals surface area (Å²) in [6.45, 7) is 0. The van der Waals surface area contributed by atoms with Crippen LogP contribution in [0.15, 0.2) is 24.3 Å². The molecule has 1 aromatic carbocycles. The molecule has 0 saturated carbocycles. The molecule has 0 bridgehead atoms. The predicted octanol–water partition coefficient (Wildman–Crippen LogP) is 2.95. The highest BCUT2D eigenvalue weighted by Crippen LogP contribution is 2.13. The van der Waals surface area contributed by atoms with Gasteiger partial charge in [0.1, 0.15) is 11.6 Å². The van der Waals surface area contributed by atoms with Crippen molar-refractivity contribution in [1.29, 1.82) is 0 Å². The molecule has 2 rings (SSSR count). The Kier molecular flexibility index (Phi) is 3.61. The van der Waals surface area contributed by atoms with Crippen molar-refractivity contribution >= 4 is 27.5 Å². The topological polar surface area (TPSA) is 30.7 Å². The van der Waals surface area contributed by atoms with Crippen molar-refractivity contribution in [2.24, 2.45) is 7.05 Å². The molecule has 0 spiro atoms. The molecule has 0 aliphatic carbocycles. The SMILES string of the molecule is Cn1c(CBr)nnc1Cc1ccc(Cl)cc1. The molecule has 16 heavy (non-hydrogen) atoms. The van der Waals surface area contributed by atoms with Gasteiger partial charge in [0, 0.05) is 18.5 Å². The lowest BCUT2D eigenvalue weighted by atomic mass is 10.1. The van der Waals surface area contributed by atoms with E-state index in [1.54, 1.807) is 0 Å². The fourth-order valence-electron chi connectivity index (χ4n) is 1.45. The molecule has 0 saturated heterocycles. The van der Waals surface area contributed by atoms with Gasteiger partial charge in [-0.15, -0.1) is 10.2 Å². The van der Waals surface area contributed by atoms with Crippen molar-refractivity contribution in [3.05, 3.63) is 46.5 Å². The van der Waals surface area contributed by atoms with Crippen molar-refractivity contribution in [1.82, 2.24) is 14.8 Å². The highest BCUT2D eigenvalue weighted by molar-refractivity contribution is 9.08. The maximum atomic E-state index is 5.83. The van der Waals surface area contributed by atoms with Crippen molar-refractivity contribution in [2.45, 2.75) is 11.8 Å². The molecule has 1 heterocycles. The van der Waals surface area contributed by atoms with Gasteiger partial charge in [0.2, 0.25) is 0 Å². The van der Waals surface area contributed by atoms with Crippen LogP contribution in [0.1, 0.15) is 17.2 Å². The number of benzene rings is 1. The number of halogens is 2. The van der Waals surface area contributed by atoms with Crippen LogP contribution in [0.3, 0.4) is 0 Å². The zero-order chi connectivity index (χ0) is 11.5. The van der Waals surface area contributed by atoms with E-state index < -0.39 is 0 Å². The maximum Gasteiger partial charge on any atom is 0.143 e. The van der Waals surface area contributed by atoms with Crippen LogP contribution in [0.25, 0.3) is 0 Å². The second-order valence-electron chi connectivity index (χ2n) is 3.53. The molecule has 0 amide bonds. The number of aromatic nitrogens is 3. The van der Waals surface area contributed by atoms with Crippen LogP contribution in [0, 0.1) is 0 Å². The first-order valence-electron chi connectivity index (χ1n) is 4.88. The molecule has 0 aliphatic rings. The summed E-state index contributed by atoms with van der Waals surface area (Å²) in [4.78, 5) is 0. The van der Waals surface area contributed by atoms with Gasteiger partial charge >= 0.3 is 0 Å². The van der Waals surface area contributed by atoms with Crippen LogP contribution in [-0.2, 0) is 18.8 Å². The molecule has 5 heteroatoms. The smallest absolute Gasteiger partial charge is 0.143 e. The van der Waals surface area contributed by atoms with E-state index in [1.807, 2.05) is 35.9 Å². The number of rotatable bonds is 3. The predicted molar refractivity (Wildman–Crippen MR) is 67.9 cm³/mol. The van der Waals surface area contributed by atoms with E-state index in [2.05, 4.69) is 26.1 Å². The Morgan fingerprint density at radius 3 is 2.38 bits per heavy atom. The maximum absolute atomic E-state index is 5.83. The molecule has 1 aromatic heterocycles. The number of hydrogen-bond acceptors (Lipinski definition) is 2. The zero-order valence-electron chi connectivity index (χ0n) is 8.82. The molecular formula is C11H11BrClN3. The summed E-state index contributed by atoms with van der Waals surface area (Å²) in [5.74, 6) is 1.89. The minimum absolute atomic E-state index is 0.719. The first kappa shape index (κ1) is 11.6. The van der Waals surface area contributed by atoms with Crippen LogP contribution in [-0.4, -0.2) is 14.8 Å². The Morgan fingerprint density at radius 1 is 1.19 bits per heavy atom. The summed E-state index contributed by atoms with van der Waals surface area (Å²) >= 11 is 9.21. The van der Waals surface area contributed by atoms with Gasteiger partial charge in [-0.3, -0.25) is 0 Å². The van der Waals surface area contributed by atoms with E-state index in [0.29, 0.717) is 0 Å². The van der Waals surface area contributed by atoms with E-state index in [0.717, 1.165) is 28.4 Å². The first-order valence-corrected chi connectivity index (χ1v) is 6.38. The fourth-order valence-corrected chi connectivity index (χ4v) is 2.07. The Morgan fingerprint density at radius 2 is 1.81 bits per heavy atom. The summed E-state index contributed by atoms with van der Waals surface area (Å²) in [6.07, 6.45) is 0.771. The third kappa shape index (κ3) is 2.44. The number of alkyl halides is 1. The van der Waals surface area contributed by atoms with Crippen LogP contribution in [0.5, 0.6) is 0 Å². The van der Waals surface area contributed by atoms with Gasteiger partial charge in [0.25, 0.3) is 0 Å². The quantitative estimate of drug-likeness (QED) is 0.816. The van der Waals surface area contributed by atoms with Gasteiger partial charge in [0.15, 0.2) is 0 Å². The summed E-state index contributed by atoms with van der Waals surface area (Å²) in [7, 11) is 1.97. The van der Waals surface area contributed by atoms with Gasteiger partial charge in [0.05, 0.1) is 5.33 Å². The Bertz CT molecular complexity index is 478. The molecule has 0 fully saturated rings. The lowest BCUT2D eigenvalue weighted by Gasteiger charge is -2.02. The molecule has 0 unspecified atom stereocenters. The normalized spacial score (nSPS) is 10.7. The molecule has 2 aromatic rings. The average Bonchev–Trinajstić information content (AvgIpc) is 2.63. The Hall–Kier alpha value is -0.870. The van der Waals surface area contributed by atoms with E-state index >= 15 is 0 Å². The minimum atomic E-state index is 0.719. The minimum Gasteiger partial charge on any atom is -0.317 e. The molecule has 0 N–H and O–H groups in total. The van der Waals surface area contributed by atoms with Gasteiger partial charge in [-0.2, -0.15) is 0 Å². The molecule has 0 aliphatic heterocycles. The molecule has 84 valence electrons. The monoisotopic (exact) mass is 299 g/mol. The molecule has 0 atom stereocenters. The number of nitrogens with zero attached hydrogens (tertiary/aromatic N) is 3. The van der Waals surface area contributed by atoms with Crippen molar-refractivity contribution in [3.63, 3.8) is 0 Å². The first-order chi connectivity index (χ1) is 7.70. The Labute approximate surface area is 108 Å². The summed E-state index contributed by atoms with van der Waals surface area (Å²) < 4.78 is 2.00. The van der Waals surface area contributed by atoms with Gasteiger partial charge in [-0.1, -0.05) is 39.7 Å².